The van der Waals surface area contributed by atoms with E-state index in [0.29, 0.717) is 23.6 Å². The van der Waals surface area contributed by atoms with E-state index in [1.807, 2.05) is 0 Å². The Labute approximate surface area is 165 Å². The van der Waals surface area contributed by atoms with Gasteiger partial charge in [0.25, 0.3) is 5.56 Å². The first-order valence-electron chi connectivity index (χ1n) is 8.99. The van der Waals surface area contributed by atoms with Crippen molar-refractivity contribution in [3.8, 4) is 22.9 Å². The standard InChI is InChI=1S/C21H18F2N2O4/c1-27-11-14-9-19(26)24-21-25(14)10-16(29-21)12-28-15-7-5-13(6-8-15)17-3-2-4-18(22)20(17)23/h2-9,16H,10-12H2,1H3. The Balaban J connectivity index is 1.42. The average Bonchev–Trinajstić information content (AvgIpc) is 3.12. The van der Waals surface area contributed by atoms with Crippen LogP contribution in [0.4, 0.5) is 8.78 Å². The maximum atomic E-state index is 13.9. The molecule has 4 rings (SSSR count). The molecule has 1 aliphatic heterocycles. The molecule has 8 heteroatoms. The van der Waals surface area contributed by atoms with Crippen molar-refractivity contribution in [2.75, 3.05) is 13.7 Å². The molecule has 0 aliphatic carbocycles. The fourth-order valence-corrected chi connectivity index (χ4v) is 3.21. The first-order chi connectivity index (χ1) is 14.0. The average molecular weight is 400 g/mol. The van der Waals surface area contributed by atoms with E-state index in [-0.39, 0.29) is 36.5 Å². The molecule has 1 atom stereocenters. The number of fused-ring (bicyclic) bond motifs is 1. The van der Waals surface area contributed by atoms with Gasteiger partial charge in [-0.05, 0) is 23.8 Å². The molecule has 150 valence electrons. The molecule has 0 fully saturated rings. The van der Waals surface area contributed by atoms with Crippen molar-refractivity contribution in [1.82, 2.24) is 9.55 Å². The van der Waals surface area contributed by atoms with Crippen molar-refractivity contribution >= 4 is 0 Å². The van der Waals surface area contributed by atoms with Crippen LogP contribution < -0.4 is 15.0 Å². The Bertz CT molecular complexity index is 1080. The summed E-state index contributed by atoms with van der Waals surface area (Å²) in [7, 11) is 1.55. The Kier molecular flexibility index (Phi) is 5.26. The molecule has 3 aromatic rings. The molecule has 0 saturated heterocycles. The summed E-state index contributed by atoms with van der Waals surface area (Å²) in [6, 6.07) is 12.4. The Morgan fingerprint density at radius 3 is 2.76 bits per heavy atom. The summed E-state index contributed by atoms with van der Waals surface area (Å²) in [5, 5.41) is 0. The van der Waals surface area contributed by atoms with Crippen LogP contribution in [-0.4, -0.2) is 29.4 Å². The van der Waals surface area contributed by atoms with Gasteiger partial charge >= 0.3 is 6.01 Å². The van der Waals surface area contributed by atoms with E-state index in [1.165, 1.54) is 18.2 Å². The third-order valence-corrected chi connectivity index (χ3v) is 4.58. The molecule has 2 heterocycles. The number of benzene rings is 2. The minimum atomic E-state index is -0.888. The Morgan fingerprint density at radius 1 is 1.21 bits per heavy atom. The monoisotopic (exact) mass is 400 g/mol. The van der Waals surface area contributed by atoms with Crippen molar-refractivity contribution in [1.29, 1.82) is 0 Å². The zero-order valence-corrected chi connectivity index (χ0v) is 15.6. The van der Waals surface area contributed by atoms with E-state index in [4.69, 9.17) is 14.2 Å². The number of halogens is 2. The van der Waals surface area contributed by atoms with Crippen molar-refractivity contribution in [3.63, 3.8) is 0 Å². The van der Waals surface area contributed by atoms with Crippen LogP contribution in [-0.2, 0) is 17.9 Å². The fourth-order valence-electron chi connectivity index (χ4n) is 3.21. The van der Waals surface area contributed by atoms with Gasteiger partial charge < -0.3 is 14.2 Å². The quantitative estimate of drug-likeness (QED) is 0.636. The molecular weight excluding hydrogens is 382 g/mol. The Hall–Kier alpha value is -3.26. The Morgan fingerprint density at radius 2 is 2.00 bits per heavy atom. The predicted molar refractivity (Wildman–Crippen MR) is 101 cm³/mol. The summed E-state index contributed by atoms with van der Waals surface area (Å²) in [6.07, 6.45) is -0.319. The summed E-state index contributed by atoms with van der Waals surface area (Å²) in [5.74, 6) is -1.21. The summed E-state index contributed by atoms with van der Waals surface area (Å²) in [6.45, 7) is 0.991. The minimum Gasteiger partial charge on any atom is -0.490 e. The highest BCUT2D eigenvalue weighted by Gasteiger charge is 2.26. The molecule has 6 nitrogen and oxygen atoms in total. The van der Waals surface area contributed by atoms with Crippen LogP contribution in [0, 0.1) is 11.6 Å². The molecule has 1 aliphatic rings. The number of nitrogens with zero attached hydrogens (tertiary/aromatic N) is 2. The first kappa shape index (κ1) is 19.1. The van der Waals surface area contributed by atoms with Crippen molar-refractivity contribution in [3.05, 3.63) is 76.2 Å². The number of ether oxygens (including phenoxy) is 3. The van der Waals surface area contributed by atoms with Gasteiger partial charge in [-0.3, -0.25) is 9.36 Å². The molecular formula is C21H18F2N2O4. The second-order valence-electron chi connectivity index (χ2n) is 6.59. The lowest BCUT2D eigenvalue weighted by Gasteiger charge is -2.12. The summed E-state index contributed by atoms with van der Waals surface area (Å²) in [5.41, 5.74) is 1.04. The maximum Gasteiger partial charge on any atom is 0.300 e. The van der Waals surface area contributed by atoms with Crippen LogP contribution in [0.1, 0.15) is 5.69 Å². The van der Waals surface area contributed by atoms with E-state index in [1.54, 1.807) is 35.9 Å². The molecule has 1 aromatic heterocycles. The third-order valence-electron chi connectivity index (χ3n) is 4.58. The van der Waals surface area contributed by atoms with E-state index in [9.17, 15) is 13.6 Å². The lowest BCUT2D eigenvalue weighted by atomic mass is 10.0. The lowest BCUT2D eigenvalue weighted by molar-refractivity contribution is 0.143. The van der Waals surface area contributed by atoms with Gasteiger partial charge in [-0.15, -0.1) is 0 Å². The van der Waals surface area contributed by atoms with Crippen LogP contribution in [0.25, 0.3) is 11.1 Å². The predicted octanol–water partition coefficient (Wildman–Crippen LogP) is 3.17. The van der Waals surface area contributed by atoms with Crippen molar-refractivity contribution in [2.45, 2.75) is 19.3 Å². The highest BCUT2D eigenvalue weighted by molar-refractivity contribution is 5.64. The highest BCUT2D eigenvalue weighted by atomic mass is 19.2. The number of aromatic nitrogens is 2. The number of hydrogen-bond donors (Lipinski definition) is 0. The first-order valence-corrected chi connectivity index (χ1v) is 8.99. The second-order valence-corrected chi connectivity index (χ2v) is 6.59. The number of rotatable bonds is 6. The highest BCUT2D eigenvalue weighted by Crippen LogP contribution is 2.27. The molecule has 0 bridgehead atoms. The zero-order valence-electron chi connectivity index (χ0n) is 15.6. The van der Waals surface area contributed by atoms with Gasteiger partial charge in [-0.2, -0.15) is 4.98 Å². The van der Waals surface area contributed by atoms with Crippen molar-refractivity contribution in [2.24, 2.45) is 0 Å². The summed E-state index contributed by atoms with van der Waals surface area (Å²) in [4.78, 5) is 15.5. The van der Waals surface area contributed by atoms with Gasteiger partial charge in [0.15, 0.2) is 17.7 Å². The van der Waals surface area contributed by atoms with E-state index < -0.39 is 11.6 Å². The van der Waals surface area contributed by atoms with Gasteiger partial charge in [0, 0.05) is 18.7 Å². The number of hydrogen-bond acceptors (Lipinski definition) is 5. The van der Waals surface area contributed by atoms with Gasteiger partial charge in [0.2, 0.25) is 0 Å². The van der Waals surface area contributed by atoms with E-state index in [0.717, 1.165) is 6.07 Å². The molecule has 0 radical (unpaired) electrons. The zero-order chi connectivity index (χ0) is 20.4. The topological polar surface area (TPSA) is 62.6 Å². The smallest absolute Gasteiger partial charge is 0.300 e. The van der Waals surface area contributed by atoms with E-state index in [2.05, 4.69) is 4.98 Å². The van der Waals surface area contributed by atoms with E-state index >= 15 is 0 Å². The third kappa shape index (κ3) is 3.97. The van der Waals surface area contributed by atoms with Crippen molar-refractivity contribution < 1.29 is 23.0 Å². The van der Waals surface area contributed by atoms with Gasteiger partial charge in [0.1, 0.15) is 12.4 Å². The van der Waals surface area contributed by atoms with Crippen LogP contribution >= 0.6 is 0 Å². The molecule has 0 spiro atoms. The SMILES string of the molecule is COCc1cc(=O)nc2n1CC(COc1ccc(-c3cccc(F)c3F)cc1)O2. The largest absolute Gasteiger partial charge is 0.490 e. The minimum absolute atomic E-state index is 0.188. The molecule has 2 aromatic carbocycles. The normalized spacial score (nSPS) is 15.1. The van der Waals surface area contributed by atoms with Crippen LogP contribution in [0.5, 0.6) is 11.8 Å². The van der Waals surface area contributed by atoms with Crippen LogP contribution in [0.15, 0.2) is 53.3 Å². The summed E-state index contributed by atoms with van der Waals surface area (Å²) < 4.78 is 45.7. The van der Waals surface area contributed by atoms with Gasteiger partial charge in [-0.1, -0.05) is 24.3 Å². The fraction of sp³-hybridized carbons (Fsp3) is 0.238. The second kappa shape index (κ2) is 8.00. The maximum absolute atomic E-state index is 13.9. The van der Waals surface area contributed by atoms with Gasteiger partial charge in [0.05, 0.1) is 18.8 Å². The van der Waals surface area contributed by atoms with Gasteiger partial charge in [-0.25, -0.2) is 8.78 Å². The molecule has 0 saturated carbocycles. The molecule has 1 unspecified atom stereocenters. The molecule has 0 N–H and O–H groups in total. The summed E-state index contributed by atoms with van der Waals surface area (Å²) >= 11 is 0. The lowest BCUT2D eigenvalue weighted by Crippen LogP contribution is -2.23. The number of methoxy groups -OCH3 is 1. The molecule has 29 heavy (non-hydrogen) atoms. The van der Waals surface area contributed by atoms with Crippen LogP contribution in [0.2, 0.25) is 0 Å². The van der Waals surface area contributed by atoms with Crippen LogP contribution in [0.3, 0.4) is 0 Å². The molecule has 0 amide bonds.